The number of carbonyl (C=O) groups is 1. The lowest BCUT2D eigenvalue weighted by atomic mass is 10.4. The van der Waals surface area contributed by atoms with Gasteiger partial charge in [0.05, 0.1) is 0 Å². The van der Waals surface area contributed by atoms with Gasteiger partial charge >= 0.3 is 0 Å². The second kappa shape index (κ2) is 5.30. The number of nitrogens with zero attached hydrogens (tertiary/aromatic N) is 1. The first kappa shape index (κ1) is 13.7. The molecule has 0 aromatic carbocycles. The van der Waals surface area contributed by atoms with E-state index in [0.29, 0.717) is 6.54 Å². The summed E-state index contributed by atoms with van der Waals surface area (Å²) in [6.07, 6.45) is 1.35. The first-order valence-electron chi connectivity index (χ1n) is 4.99. The molecule has 0 aliphatic carbocycles. The number of nitrogens with two attached hydrogens (primary N) is 1. The van der Waals surface area contributed by atoms with E-state index in [0.717, 1.165) is 0 Å². The van der Waals surface area contributed by atoms with Gasteiger partial charge in [-0.25, -0.2) is 13.1 Å². The van der Waals surface area contributed by atoms with Crippen LogP contribution in [-0.2, 0) is 17.1 Å². The zero-order chi connectivity index (χ0) is 13.1. The van der Waals surface area contributed by atoms with Crippen molar-refractivity contribution < 1.29 is 13.2 Å². The first-order chi connectivity index (χ1) is 7.88. The summed E-state index contributed by atoms with van der Waals surface area (Å²) in [5, 5.41) is 2.82. The Bertz CT molecular complexity index is 506. The number of aromatic nitrogens is 1. The van der Waals surface area contributed by atoms with Crippen LogP contribution in [-0.4, -0.2) is 39.0 Å². The normalized spacial score (nSPS) is 11.6. The molecule has 0 saturated heterocycles. The van der Waals surface area contributed by atoms with Crippen molar-refractivity contribution in [1.82, 2.24) is 14.6 Å². The van der Waals surface area contributed by atoms with Gasteiger partial charge in [0.1, 0.15) is 10.6 Å². The van der Waals surface area contributed by atoms with Gasteiger partial charge in [0.15, 0.2) is 0 Å². The fourth-order valence-electron chi connectivity index (χ4n) is 1.32. The van der Waals surface area contributed by atoms with Crippen LogP contribution in [0.3, 0.4) is 0 Å². The van der Waals surface area contributed by atoms with Crippen molar-refractivity contribution in [3.8, 4) is 0 Å². The van der Waals surface area contributed by atoms with Crippen LogP contribution >= 0.6 is 0 Å². The molecule has 0 aliphatic heterocycles. The zero-order valence-electron chi connectivity index (χ0n) is 9.73. The van der Waals surface area contributed by atoms with Crippen LogP contribution in [0, 0.1) is 0 Å². The monoisotopic (exact) mass is 260 g/mol. The van der Waals surface area contributed by atoms with E-state index in [1.165, 1.54) is 16.8 Å². The average molecular weight is 260 g/mol. The van der Waals surface area contributed by atoms with E-state index < -0.39 is 15.9 Å². The number of hydrogen-bond acceptors (Lipinski definition) is 4. The maximum Gasteiger partial charge on any atom is 0.265 e. The van der Waals surface area contributed by atoms with Crippen molar-refractivity contribution in [1.29, 1.82) is 0 Å². The summed E-state index contributed by atoms with van der Waals surface area (Å²) in [4.78, 5) is 11.0. The molecule has 1 amide bonds. The van der Waals surface area contributed by atoms with Crippen molar-refractivity contribution >= 4 is 15.9 Å². The molecule has 0 spiro atoms. The van der Waals surface area contributed by atoms with Crippen LogP contribution in [0.25, 0.3) is 0 Å². The Morgan fingerprint density at radius 3 is 2.59 bits per heavy atom. The molecule has 1 aromatic heterocycles. The van der Waals surface area contributed by atoms with Crippen molar-refractivity contribution in [3.05, 3.63) is 18.0 Å². The molecule has 1 rings (SSSR count). The summed E-state index contributed by atoms with van der Waals surface area (Å²) in [6, 6.07) is 1.25. The number of sulfonamides is 1. The standard InChI is InChI=1S/C9H16N4O3S/c1-11-3-4-12-17(15,16)7-5-8(9(10)14)13(2)6-7/h5-6,11-12H,3-4H2,1-2H3,(H2,10,14). The molecule has 4 N–H and O–H groups in total. The smallest absolute Gasteiger partial charge is 0.265 e. The number of rotatable bonds is 6. The predicted octanol–water partition coefficient (Wildman–Crippen LogP) is -1.38. The van der Waals surface area contributed by atoms with E-state index in [1.807, 2.05) is 0 Å². The van der Waals surface area contributed by atoms with Crippen LogP contribution in [0.1, 0.15) is 10.5 Å². The minimum Gasteiger partial charge on any atom is -0.364 e. The van der Waals surface area contributed by atoms with Crippen LogP contribution in [0.5, 0.6) is 0 Å². The van der Waals surface area contributed by atoms with Gasteiger partial charge in [-0.05, 0) is 13.1 Å². The van der Waals surface area contributed by atoms with Crippen LogP contribution in [0.2, 0.25) is 0 Å². The number of carbonyl (C=O) groups excluding carboxylic acids is 1. The molecule has 7 nitrogen and oxygen atoms in total. The topological polar surface area (TPSA) is 106 Å². The Morgan fingerprint density at radius 1 is 1.47 bits per heavy atom. The lowest BCUT2D eigenvalue weighted by Gasteiger charge is -2.03. The number of primary amides is 1. The van der Waals surface area contributed by atoms with Crippen molar-refractivity contribution in [2.45, 2.75) is 4.90 Å². The highest BCUT2D eigenvalue weighted by atomic mass is 32.2. The third-order valence-electron chi connectivity index (χ3n) is 2.21. The number of nitrogens with one attached hydrogen (secondary N) is 2. The second-order valence-electron chi connectivity index (χ2n) is 3.54. The minimum atomic E-state index is -3.59. The number of aryl methyl sites for hydroxylation is 1. The van der Waals surface area contributed by atoms with Gasteiger partial charge in [0, 0.05) is 26.3 Å². The lowest BCUT2D eigenvalue weighted by molar-refractivity contribution is 0.0992. The molecule has 0 aliphatic rings. The lowest BCUT2D eigenvalue weighted by Crippen LogP contribution is -2.30. The molecular weight excluding hydrogens is 244 g/mol. The largest absolute Gasteiger partial charge is 0.364 e. The van der Waals surface area contributed by atoms with Crippen molar-refractivity contribution in [2.75, 3.05) is 20.1 Å². The van der Waals surface area contributed by atoms with Gasteiger partial charge in [0.25, 0.3) is 5.91 Å². The molecular formula is C9H16N4O3S. The summed E-state index contributed by atoms with van der Waals surface area (Å²) in [5.41, 5.74) is 5.26. The van der Waals surface area contributed by atoms with Crippen LogP contribution in [0.15, 0.2) is 17.2 Å². The highest BCUT2D eigenvalue weighted by Crippen LogP contribution is 2.12. The molecule has 96 valence electrons. The average Bonchev–Trinajstić information content (AvgIpc) is 2.61. The van der Waals surface area contributed by atoms with Crippen molar-refractivity contribution in [3.63, 3.8) is 0 Å². The third kappa shape index (κ3) is 3.29. The summed E-state index contributed by atoms with van der Waals surface area (Å²) < 4.78 is 27.4. The second-order valence-corrected chi connectivity index (χ2v) is 5.30. The third-order valence-corrected chi connectivity index (χ3v) is 3.64. The van der Waals surface area contributed by atoms with Gasteiger partial charge in [-0.2, -0.15) is 0 Å². The Kier molecular flexibility index (Phi) is 4.27. The van der Waals surface area contributed by atoms with Gasteiger partial charge < -0.3 is 15.6 Å². The van der Waals surface area contributed by atoms with E-state index in [1.54, 1.807) is 14.1 Å². The SMILES string of the molecule is CNCCNS(=O)(=O)c1cc(C(N)=O)n(C)c1. The predicted molar refractivity (Wildman–Crippen MR) is 63.0 cm³/mol. The molecule has 0 fully saturated rings. The maximum atomic E-state index is 11.8. The number of likely N-dealkylation sites (N-methyl/N-ethyl adjacent to an activating group) is 1. The van der Waals surface area contributed by atoms with E-state index in [4.69, 9.17) is 5.73 Å². The first-order valence-corrected chi connectivity index (χ1v) is 6.47. The summed E-state index contributed by atoms with van der Waals surface area (Å²) in [5.74, 6) is -0.663. The van der Waals surface area contributed by atoms with E-state index in [2.05, 4.69) is 10.0 Å². The van der Waals surface area contributed by atoms with Crippen LogP contribution in [0.4, 0.5) is 0 Å². The fourth-order valence-corrected chi connectivity index (χ4v) is 2.42. The molecule has 17 heavy (non-hydrogen) atoms. The summed E-state index contributed by atoms with van der Waals surface area (Å²) in [6.45, 7) is 0.800. The fraction of sp³-hybridized carbons (Fsp3) is 0.444. The molecule has 0 atom stereocenters. The quantitative estimate of drug-likeness (QED) is 0.548. The van der Waals surface area contributed by atoms with E-state index >= 15 is 0 Å². The molecule has 0 saturated carbocycles. The van der Waals surface area contributed by atoms with Crippen LogP contribution < -0.4 is 15.8 Å². The molecule has 1 aromatic rings. The molecule has 8 heteroatoms. The summed E-state index contributed by atoms with van der Waals surface area (Å²) >= 11 is 0. The van der Waals surface area contributed by atoms with Gasteiger partial charge in [-0.3, -0.25) is 4.79 Å². The Morgan fingerprint density at radius 2 is 2.12 bits per heavy atom. The molecule has 0 unspecified atom stereocenters. The Labute approximate surface area is 100 Å². The highest BCUT2D eigenvalue weighted by Gasteiger charge is 2.18. The van der Waals surface area contributed by atoms with Gasteiger partial charge in [0.2, 0.25) is 10.0 Å². The van der Waals surface area contributed by atoms with Gasteiger partial charge in [-0.1, -0.05) is 0 Å². The minimum absolute atomic E-state index is 0.0323. The zero-order valence-corrected chi connectivity index (χ0v) is 10.5. The van der Waals surface area contributed by atoms with Gasteiger partial charge in [-0.15, -0.1) is 0 Å². The molecule has 0 radical (unpaired) electrons. The maximum absolute atomic E-state index is 11.8. The van der Waals surface area contributed by atoms with Crippen molar-refractivity contribution in [2.24, 2.45) is 12.8 Å². The summed E-state index contributed by atoms with van der Waals surface area (Å²) in [7, 11) is -0.300. The highest BCUT2D eigenvalue weighted by molar-refractivity contribution is 7.89. The number of hydrogen-bond donors (Lipinski definition) is 3. The molecule has 0 bridgehead atoms. The Hall–Kier alpha value is -1.38. The Balaban J connectivity index is 2.92. The molecule has 1 heterocycles. The number of amides is 1. The van der Waals surface area contributed by atoms with E-state index in [9.17, 15) is 13.2 Å². The van der Waals surface area contributed by atoms with E-state index in [-0.39, 0.29) is 17.1 Å².